The number of halogens is 1. The van der Waals surface area contributed by atoms with Crippen LogP contribution in [0.2, 0.25) is 0 Å². The lowest BCUT2D eigenvalue weighted by atomic mass is 9.99. The van der Waals surface area contributed by atoms with Gasteiger partial charge in [0.15, 0.2) is 0 Å². The van der Waals surface area contributed by atoms with Crippen LogP contribution < -0.4 is 10.0 Å². The Morgan fingerprint density at radius 2 is 1.67 bits per heavy atom. The average molecular weight is 645 g/mol. The summed E-state index contributed by atoms with van der Waals surface area (Å²) in [6.45, 7) is 0.574. The Morgan fingerprint density at radius 3 is 2.41 bits per heavy atom. The lowest BCUT2D eigenvalue weighted by molar-refractivity contribution is -0.157. The van der Waals surface area contributed by atoms with Crippen molar-refractivity contribution in [1.82, 2.24) is 25.1 Å². The molecule has 4 amide bonds. The molecule has 0 radical (unpaired) electrons. The Bertz CT molecular complexity index is 1780. The molecule has 3 atom stereocenters. The Kier molecular flexibility index (Phi) is 8.97. The molecule has 4 aromatic carbocycles. The highest BCUT2D eigenvalue weighted by Gasteiger charge is 2.51. The summed E-state index contributed by atoms with van der Waals surface area (Å²) < 4.78 is 36.0. The molecule has 2 aliphatic heterocycles. The Balaban J connectivity index is 1.27. The molecule has 11 nitrogen and oxygen atoms in total. The van der Waals surface area contributed by atoms with E-state index in [2.05, 4.69) is 10.0 Å². The number of fused-ring (bicyclic) bond motifs is 2. The average Bonchev–Trinajstić information content (AvgIpc) is 3.38. The first-order chi connectivity index (χ1) is 22.2. The van der Waals surface area contributed by atoms with Gasteiger partial charge in [0.1, 0.15) is 18.0 Å². The largest absolute Gasteiger partial charge is 0.333 e. The summed E-state index contributed by atoms with van der Waals surface area (Å²) in [4.78, 5) is 44.3. The molecule has 1 unspecified atom stereocenters. The zero-order chi connectivity index (χ0) is 32.4. The minimum atomic E-state index is -2.23. The molecule has 0 spiro atoms. The third-order valence-electron chi connectivity index (χ3n) is 8.43. The zero-order valence-electron chi connectivity index (χ0n) is 25.0. The number of amides is 4. The molecule has 3 N–H and O–H groups in total. The number of hydrazine groups is 1. The molecule has 46 heavy (non-hydrogen) atoms. The van der Waals surface area contributed by atoms with Gasteiger partial charge in [-0.25, -0.2) is 13.4 Å². The van der Waals surface area contributed by atoms with E-state index in [1.807, 2.05) is 42.5 Å². The first-order valence-corrected chi connectivity index (χ1v) is 15.8. The predicted octanol–water partition coefficient (Wildman–Crippen LogP) is 3.71. The number of benzene rings is 4. The normalized spacial score (nSPS) is 18.8. The standard InChI is InChI=1S/C33H33FN6O5S/c1-37(33(43)35-18-23-9-13-26(34)14-10-23)39-21-31(41)40-29(17-22-11-15-27(16-12-22)36-46(44)45)32(42)38(20-30(39)40)19-25-7-4-6-24-5-2-3-8-28(24)25/h2-16,29-30,36H,17-21H2,1H3,(H,35,43)(H,44,45)/t29-,30+/m0/s1. The number of piperazine rings is 1. The van der Waals surface area contributed by atoms with Crippen LogP contribution in [0, 0.1) is 5.82 Å². The molecule has 2 aliphatic rings. The van der Waals surface area contributed by atoms with Gasteiger partial charge in [-0.1, -0.05) is 66.7 Å². The van der Waals surface area contributed by atoms with E-state index < -0.39 is 29.5 Å². The van der Waals surface area contributed by atoms with Gasteiger partial charge < -0.3 is 15.1 Å². The summed E-state index contributed by atoms with van der Waals surface area (Å²) >= 11 is -2.23. The van der Waals surface area contributed by atoms with Gasteiger partial charge in [-0.3, -0.25) is 23.9 Å². The van der Waals surface area contributed by atoms with Gasteiger partial charge >= 0.3 is 6.03 Å². The monoisotopic (exact) mass is 644 g/mol. The number of nitrogens with zero attached hydrogens (tertiary/aromatic N) is 4. The number of urea groups is 1. The lowest BCUT2D eigenvalue weighted by Crippen LogP contribution is -2.65. The van der Waals surface area contributed by atoms with Crippen molar-refractivity contribution in [2.75, 3.05) is 24.9 Å². The summed E-state index contributed by atoms with van der Waals surface area (Å²) in [6, 6.07) is 25.2. The van der Waals surface area contributed by atoms with Crippen LogP contribution in [0.25, 0.3) is 10.8 Å². The molecule has 2 saturated heterocycles. The summed E-state index contributed by atoms with van der Waals surface area (Å²) in [5.74, 6) is -0.853. The van der Waals surface area contributed by atoms with Gasteiger partial charge in [0.05, 0.1) is 13.1 Å². The van der Waals surface area contributed by atoms with Gasteiger partial charge in [0, 0.05) is 32.2 Å². The van der Waals surface area contributed by atoms with E-state index in [-0.39, 0.29) is 43.7 Å². The van der Waals surface area contributed by atoms with E-state index in [4.69, 9.17) is 4.55 Å². The molecular formula is C33H33FN6O5S. The number of carbonyl (C=O) groups excluding carboxylic acids is 3. The molecule has 2 heterocycles. The first-order valence-electron chi connectivity index (χ1n) is 14.7. The SMILES string of the molecule is CN(C(=O)NCc1ccc(F)cc1)N1CC(=O)N2[C@@H](Cc3ccc(NS(=O)O)cc3)C(=O)N(Cc3cccc4ccccc34)C[C@@H]21. The van der Waals surface area contributed by atoms with Crippen LogP contribution in [-0.4, -0.2) is 78.8 Å². The van der Waals surface area contributed by atoms with E-state index in [0.717, 1.165) is 27.5 Å². The Morgan fingerprint density at radius 1 is 0.978 bits per heavy atom. The van der Waals surface area contributed by atoms with Crippen molar-refractivity contribution in [3.63, 3.8) is 0 Å². The second kappa shape index (κ2) is 13.3. The van der Waals surface area contributed by atoms with Gasteiger partial charge in [-0.2, -0.15) is 5.01 Å². The van der Waals surface area contributed by atoms with E-state index in [1.165, 1.54) is 17.1 Å². The van der Waals surface area contributed by atoms with E-state index >= 15 is 0 Å². The van der Waals surface area contributed by atoms with E-state index in [9.17, 15) is 23.0 Å². The molecule has 0 aliphatic carbocycles. The van der Waals surface area contributed by atoms with Crippen LogP contribution in [0.15, 0.2) is 91.0 Å². The van der Waals surface area contributed by atoms with E-state index in [0.29, 0.717) is 12.2 Å². The van der Waals surface area contributed by atoms with Crippen LogP contribution in [0.3, 0.4) is 0 Å². The van der Waals surface area contributed by atoms with Crippen LogP contribution in [0.1, 0.15) is 16.7 Å². The van der Waals surface area contributed by atoms with E-state index in [1.54, 1.807) is 58.3 Å². The number of nitrogens with one attached hydrogen (secondary N) is 2. The number of carbonyl (C=O) groups is 3. The summed E-state index contributed by atoms with van der Waals surface area (Å²) in [5.41, 5.74) is 2.88. The van der Waals surface area contributed by atoms with Crippen molar-refractivity contribution in [3.8, 4) is 0 Å². The fourth-order valence-corrected chi connectivity index (χ4v) is 6.47. The quantitative estimate of drug-likeness (QED) is 0.239. The highest BCUT2D eigenvalue weighted by atomic mass is 32.2. The molecule has 0 aromatic heterocycles. The smallest absolute Gasteiger partial charge is 0.332 e. The van der Waals surface area contributed by atoms with Crippen molar-refractivity contribution in [1.29, 1.82) is 0 Å². The van der Waals surface area contributed by atoms with Gasteiger partial charge in [0.25, 0.3) is 11.3 Å². The maximum absolute atomic E-state index is 14.2. The van der Waals surface area contributed by atoms with Gasteiger partial charge in [-0.15, -0.1) is 0 Å². The van der Waals surface area contributed by atoms with Crippen LogP contribution in [0.4, 0.5) is 14.9 Å². The van der Waals surface area contributed by atoms with Crippen molar-refractivity contribution < 1.29 is 27.5 Å². The third-order valence-corrected chi connectivity index (χ3v) is 8.84. The molecular weight excluding hydrogens is 611 g/mol. The summed E-state index contributed by atoms with van der Waals surface area (Å²) in [5, 5.41) is 7.93. The number of hydrogen-bond acceptors (Lipinski definition) is 5. The Hall–Kier alpha value is -4.85. The lowest BCUT2D eigenvalue weighted by Gasteiger charge is -2.46. The van der Waals surface area contributed by atoms with Crippen molar-refractivity contribution in [2.45, 2.75) is 31.7 Å². The minimum absolute atomic E-state index is 0.0950. The summed E-state index contributed by atoms with van der Waals surface area (Å²) in [7, 11) is 1.58. The highest BCUT2D eigenvalue weighted by molar-refractivity contribution is 7.80. The number of hydrogen-bond donors (Lipinski definition) is 3. The summed E-state index contributed by atoms with van der Waals surface area (Å²) in [6.07, 6.45) is -0.395. The Labute approximate surface area is 268 Å². The topological polar surface area (TPSA) is 126 Å². The molecule has 13 heteroatoms. The fraction of sp³-hybridized carbons (Fsp3) is 0.242. The second-order valence-electron chi connectivity index (χ2n) is 11.3. The van der Waals surface area contributed by atoms with Crippen molar-refractivity contribution >= 4 is 45.6 Å². The molecule has 4 aromatic rings. The third kappa shape index (κ3) is 6.57. The second-order valence-corrected chi connectivity index (χ2v) is 12.0. The fourth-order valence-electron chi connectivity index (χ4n) is 6.13. The van der Waals surface area contributed by atoms with Crippen LogP contribution in [0.5, 0.6) is 0 Å². The van der Waals surface area contributed by atoms with Gasteiger partial charge in [0.2, 0.25) is 11.8 Å². The predicted molar refractivity (Wildman–Crippen MR) is 171 cm³/mol. The number of anilines is 1. The zero-order valence-corrected chi connectivity index (χ0v) is 25.8. The highest BCUT2D eigenvalue weighted by Crippen LogP contribution is 2.31. The van der Waals surface area contributed by atoms with Crippen molar-refractivity contribution in [2.24, 2.45) is 0 Å². The first kappa shape index (κ1) is 31.1. The maximum Gasteiger partial charge on any atom is 0.332 e. The maximum atomic E-state index is 14.2. The van der Waals surface area contributed by atoms with Crippen molar-refractivity contribution in [3.05, 3.63) is 114 Å². The number of rotatable bonds is 9. The molecule has 0 bridgehead atoms. The molecule has 2 fully saturated rings. The van der Waals surface area contributed by atoms with Crippen LogP contribution in [-0.2, 0) is 40.4 Å². The molecule has 0 saturated carbocycles. The minimum Gasteiger partial charge on any atom is -0.333 e. The van der Waals surface area contributed by atoms with Crippen LogP contribution >= 0.6 is 0 Å². The molecule has 6 rings (SSSR count). The van der Waals surface area contributed by atoms with Gasteiger partial charge in [-0.05, 0) is 51.7 Å². The molecule has 238 valence electrons.